The van der Waals surface area contributed by atoms with Gasteiger partial charge in [0.05, 0.1) is 31.7 Å². The first kappa shape index (κ1) is 29.3. The average Bonchev–Trinajstić information content (AvgIpc) is 2.77. The molecule has 1 aromatic carbocycles. The van der Waals surface area contributed by atoms with Crippen molar-refractivity contribution in [1.29, 1.82) is 0 Å². The molecule has 1 rings (SSSR count). The van der Waals surface area contributed by atoms with Crippen molar-refractivity contribution in [2.24, 2.45) is 4.99 Å². The summed E-state index contributed by atoms with van der Waals surface area (Å²) in [6, 6.07) is 7.89. The zero-order valence-corrected chi connectivity index (χ0v) is 21.3. The Balaban J connectivity index is 0.00000466. The normalized spacial score (nSPS) is 14.0. The molecule has 32 heavy (non-hydrogen) atoms. The molecule has 5 heteroatoms. The van der Waals surface area contributed by atoms with Crippen LogP contribution >= 0.6 is 0 Å². The average molecular weight is 445 g/mol. The summed E-state index contributed by atoms with van der Waals surface area (Å²) in [6.07, 6.45) is 9.48. The van der Waals surface area contributed by atoms with Crippen molar-refractivity contribution < 1.29 is 13.9 Å². The second kappa shape index (κ2) is 15.2. The quantitative estimate of drug-likeness (QED) is 0.190. The van der Waals surface area contributed by atoms with E-state index in [1.807, 2.05) is 39.0 Å². The third-order valence-corrected chi connectivity index (χ3v) is 5.00. The highest BCUT2D eigenvalue weighted by Crippen LogP contribution is 2.25. The number of hydrogen-bond donors (Lipinski definition) is 1. The van der Waals surface area contributed by atoms with Crippen LogP contribution in [-0.4, -0.2) is 32.5 Å². The maximum Gasteiger partial charge on any atom is 0.256 e. The molecular formula is C27H41FN2O2. The Morgan fingerprint density at radius 3 is 2.44 bits per heavy atom. The summed E-state index contributed by atoms with van der Waals surface area (Å²) in [4.78, 5) is 17.4. The number of aliphatic imine (C=N–C) groups is 1. The van der Waals surface area contributed by atoms with Crippen LogP contribution in [0.2, 0.25) is 0 Å². The van der Waals surface area contributed by atoms with Gasteiger partial charge in [0, 0.05) is 11.9 Å². The van der Waals surface area contributed by atoms with Crippen molar-refractivity contribution in [3.05, 3.63) is 65.0 Å². The number of alkyl halides is 1. The maximum absolute atomic E-state index is 12.8. The van der Waals surface area contributed by atoms with Crippen molar-refractivity contribution in [3.8, 4) is 0 Å². The molecule has 0 spiro atoms. The van der Waals surface area contributed by atoms with E-state index in [2.05, 4.69) is 56.2 Å². The first-order chi connectivity index (χ1) is 15.1. The van der Waals surface area contributed by atoms with Gasteiger partial charge in [-0.3, -0.25) is 14.2 Å². The molecule has 1 N–H and O–H groups in total. The third-order valence-electron chi connectivity index (χ3n) is 5.00. The SMILES string of the molecule is C/C=C(\C=NC(C)/C(C/C=C\CC)=C(/C)OC)C(=O)Nc1cccc(C(C)(C)C)c1.CF. The zero-order valence-electron chi connectivity index (χ0n) is 21.3. The number of nitrogens with one attached hydrogen (secondary N) is 1. The highest BCUT2D eigenvalue weighted by atomic mass is 19.1. The van der Waals surface area contributed by atoms with Crippen molar-refractivity contribution in [3.63, 3.8) is 0 Å². The molecular weight excluding hydrogens is 403 g/mol. The van der Waals surface area contributed by atoms with Gasteiger partial charge in [0.25, 0.3) is 5.91 Å². The number of rotatable bonds is 9. The molecule has 0 aromatic heterocycles. The first-order valence-electron chi connectivity index (χ1n) is 11.0. The van der Waals surface area contributed by atoms with Crippen LogP contribution in [0.25, 0.3) is 0 Å². The van der Waals surface area contributed by atoms with E-state index >= 15 is 0 Å². The number of halogens is 1. The number of nitrogens with zero attached hydrogens (tertiary/aromatic N) is 1. The molecule has 0 aliphatic heterocycles. The summed E-state index contributed by atoms with van der Waals surface area (Å²) in [7, 11) is 2.17. The van der Waals surface area contributed by atoms with Gasteiger partial charge in [-0.2, -0.15) is 0 Å². The number of hydrogen-bond acceptors (Lipinski definition) is 3. The number of carbonyl (C=O) groups is 1. The predicted octanol–water partition coefficient (Wildman–Crippen LogP) is 7.19. The third kappa shape index (κ3) is 10.1. The Kier molecular flexibility index (Phi) is 13.9. The number of benzene rings is 1. The molecule has 0 radical (unpaired) electrons. The zero-order chi connectivity index (χ0) is 24.7. The van der Waals surface area contributed by atoms with E-state index in [1.165, 1.54) is 5.56 Å². The number of methoxy groups -OCH3 is 1. The largest absolute Gasteiger partial charge is 0.501 e. The summed E-state index contributed by atoms with van der Waals surface area (Å²) in [5.74, 6) is 0.699. The molecule has 0 bridgehead atoms. The number of amides is 1. The lowest BCUT2D eigenvalue weighted by molar-refractivity contribution is -0.112. The fourth-order valence-corrected chi connectivity index (χ4v) is 2.93. The summed E-state index contributed by atoms with van der Waals surface area (Å²) in [5, 5.41) is 2.99. The number of carbonyl (C=O) groups excluding carboxylic acids is 1. The van der Waals surface area contributed by atoms with Crippen molar-refractivity contribution in [2.75, 3.05) is 19.6 Å². The predicted molar refractivity (Wildman–Crippen MR) is 136 cm³/mol. The minimum atomic E-state index is -0.167. The van der Waals surface area contributed by atoms with Gasteiger partial charge >= 0.3 is 0 Å². The van der Waals surface area contributed by atoms with Gasteiger partial charge < -0.3 is 10.1 Å². The van der Waals surface area contributed by atoms with Crippen molar-refractivity contribution in [1.82, 2.24) is 0 Å². The van der Waals surface area contributed by atoms with Gasteiger partial charge in [0.1, 0.15) is 0 Å². The molecule has 0 saturated heterocycles. The van der Waals surface area contributed by atoms with Gasteiger partial charge in [-0.05, 0) is 62.3 Å². The van der Waals surface area contributed by atoms with Gasteiger partial charge in [-0.25, -0.2) is 0 Å². The van der Waals surface area contributed by atoms with Crippen LogP contribution in [0, 0.1) is 0 Å². The van der Waals surface area contributed by atoms with Gasteiger partial charge in [-0.1, -0.05) is 58.1 Å². The summed E-state index contributed by atoms with van der Waals surface area (Å²) in [5.41, 5.74) is 3.62. The van der Waals surface area contributed by atoms with E-state index in [0.29, 0.717) is 12.8 Å². The van der Waals surface area contributed by atoms with E-state index in [1.54, 1.807) is 19.4 Å². The number of allylic oxidation sites excluding steroid dienone is 4. The fourth-order valence-electron chi connectivity index (χ4n) is 2.93. The molecule has 178 valence electrons. The minimum Gasteiger partial charge on any atom is -0.501 e. The van der Waals surface area contributed by atoms with Gasteiger partial charge in [0.2, 0.25) is 0 Å². The fraction of sp³-hybridized carbons (Fsp3) is 0.481. The van der Waals surface area contributed by atoms with E-state index in [4.69, 9.17) is 4.74 Å². The smallest absolute Gasteiger partial charge is 0.256 e. The minimum absolute atomic E-state index is 0.0230. The Hall–Kier alpha value is -2.69. The molecule has 0 saturated carbocycles. The summed E-state index contributed by atoms with van der Waals surface area (Å²) < 4.78 is 14.9. The molecule has 4 nitrogen and oxygen atoms in total. The molecule has 1 atom stereocenters. The standard InChI is InChI=1S/C26H38N2O2.CH3F/c1-9-11-12-16-24(20(4)30-8)19(3)27-18-21(10-2)25(29)28-23-15-13-14-22(17-23)26(5,6)7;1-2/h10-15,17-19H,9,16H2,1-8H3,(H,28,29);1H3/b12-11-,21-10+,24-20-,27-18?;. The van der Waals surface area contributed by atoms with Crippen LogP contribution in [0.1, 0.15) is 66.9 Å². The Bertz CT molecular complexity index is 830. The van der Waals surface area contributed by atoms with Gasteiger partial charge in [-0.15, -0.1) is 0 Å². The Morgan fingerprint density at radius 1 is 1.25 bits per heavy atom. The summed E-state index contributed by atoms with van der Waals surface area (Å²) >= 11 is 0. The lowest BCUT2D eigenvalue weighted by atomic mass is 9.87. The van der Waals surface area contributed by atoms with Crippen LogP contribution in [0.4, 0.5) is 10.1 Å². The lowest BCUT2D eigenvalue weighted by Gasteiger charge is -2.20. The molecule has 0 aliphatic carbocycles. The monoisotopic (exact) mass is 444 g/mol. The second-order valence-electron chi connectivity index (χ2n) is 8.35. The van der Waals surface area contributed by atoms with Crippen molar-refractivity contribution in [2.45, 2.75) is 72.8 Å². The topological polar surface area (TPSA) is 50.7 Å². The maximum atomic E-state index is 12.8. The Morgan fingerprint density at radius 2 is 1.91 bits per heavy atom. The molecule has 1 amide bonds. The van der Waals surface area contributed by atoms with Crippen LogP contribution in [0.15, 0.2) is 64.4 Å². The van der Waals surface area contributed by atoms with E-state index in [-0.39, 0.29) is 17.4 Å². The van der Waals surface area contributed by atoms with E-state index in [9.17, 15) is 9.18 Å². The molecule has 1 aromatic rings. The summed E-state index contributed by atoms with van der Waals surface area (Å²) in [6.45, 7) is 14.4. The van der Waals surface area contributed by atoms with E-state index < -0.39 is 0 Å². The molecule has 0 aliphatic rings. The first-order valence-corrected chi connectivity index (χ1v) is 11.0. The highest BCUT2D eigenvalue weighted by molar-refractivity contribution is 6.17. The lowest BCUT2D eigenvalue weighted by Crippen LogP contribution is -2.17. The van der Waals surface area contributed by atoms with Crippen LogP contribution in [0.3, 0.4) is 0 Å². The Labute approximate surface area is 194 Å². The number of anilines is 1. The van der Waals surface area contributed by atoms with Crippen molar-refractivity contribution >= 4 is 17.8 Å². The molecule has 0 fully saturated rings. The van der Waals surface area contributed by atoms with Crippen LogP contribution < -0.4 is 5.32 Å². The van der Waals surface area contributed by atoms with Crippen LogP contribution in [0.5, 0.6) is 0 Å². The van der Waals surface area contributed by atoms with E-state index in [0.717, 1.165) is 29.9 Å². The second-order valence-corrected chi connectivity index (χ2v) is 8.35. The molecule has 1 unspecified atom stereocenters. The molecule has 0 heterocycles. The number of ether oxygens (including phenoxy) is 1. The van der Waals surface area contributed by atoms with Gasteiger partial charge in [0.15, 0.2) is 0 Å². The highest BCUT2D eigenvalue weighted by Gasteiger charge is 2.15. The van der Waals surface area contributed by atoms with Crippen LogP contribution in [-0.2, 0) is 14.9 Å².